The quantitative estimate of drug-likeness (QED) is 0.752. The molecule has 0 spiro atoms. The second kappa shape index (κ2) is 9.60. The first kappa shape index (κ1) is 20.2. The molecular formula is C21H31N3O2S. The Labute approximate surface area is 166 Å². The van der Waals surface area contributed by atoms with Crippen LogP contribution in [0.4, 0.5) is 0 Å². The van der Waals surface area contributed by atoms with Gasteiger partial charge in [0.05, 0.1) is 11.4 Å². The van der Waals surface area contributed by atoms with Gasteiger partial charge in [-0.15, -0.1) is 11.8 Å². The zero-order valence-electron chi connectivity index (χ0n) is 16.3. The summed E-state index contributed by atoms with van der Waals surface area (Å²) in [6.45, 7) is 1.82. The fourth-order valence-electron chi connectivity index (χ4n) is 4.00. The standard InChI is InChI=1S/C21H31N3O2S/c1-15(22-2)20(25)23-18-10-6-9-17-11-12-19(24(17)21(18)26)27-14-13-16-7-4-3-5-8-16/h3-5,7-8,15,17-19,22H,6,9-14H2,1-2H3,(H,23,25)/t15?,17-,18-,19?/m0/s1. The molecule has 1 aromatic rings. The van der Waals surface area contributed by atoms with Crippen LogP contribution in [0.2, 0.25) is 0 Å². The van der Waals surface area contributed by atoms with Gasteiger partial charge in [-0.25, -0.2) is 0 Å². The summed E-state index contributed by atoms with van der Waals surface area (Å²) >= 11 is 1.89. The molecule has 0 aliphatic carbocycles. The van der Waals surface area contributed by atoms with E-state index in [0.29, 0.717) is 6.04 Å². The van der Waals surface area contributed by atoms with Crippen LogP contribution in [0.3, 0.4) is 0 Å². The normalized spacial score (nSPS) is 26.4. The molecule has 6 heteroatoms. The molecule has 2 saturated heterocycles. The van der Waals surface area contributed by atoms with E-state index in [0.717, 1.165) is 44.3 Å². The molecule has 2 N–H and O–H groups in total. The van der Waals surface area contributed by atoms with Crippen LogP contribution in [0.5, 0.6) is 0 Å². The Bertz CT molecular complexity index is 640. The van der Waals surface area contributed by atoms with Crippen molar-refractivity contribution >= 4 is 23.6 Å². The van der Waals surface area contributed by atoms with Crippen LogP contribution >= 0.6 is 11.8 Å². The van der Waals surface area contributed by atoms with Gasteiger partial charge < -0.3 is 15.5 Å². The van der Waals surface area contributed by atoms with E-state index in [1.807, 2.05) is 24.8 Å². The number of nitrogens with zero attached hydrogens (tertiary/aromatic N) is 1. The summed E-state index contributed by atoms with van der Waals surface area (Å²) in [7, 11) is 1.76. The van der Waals surface area contributed by atoms with Crippen LogP contribution in [-0.2, 0) is 16.0 Å². The molecule has 27 heavy (non-hydrogen) atoms. The van der Waals surface area contributed by atoms with Gasteiger partial charge in [-0.3, -0.25) is 9.59 Å². The first-order valence-electron chi connectivity index (χ1n) is 10.1. The van der Waals surface area contributed by atoms with Gasteiger partial charge in [-0.2, -0.15) is 0 Å². The van der Waals surface area contributed by atoms with E-state index in [4.69, 9.17) is 0 Å². The number of hydrogen-bond donors (Lipinski definition) is 2. The summed E-state index contributed by atoms with van der Waals surface area (Å²) in [6, 6.07) is 10.2. The summed E-state index contributed by atoms with van der Waals surface area (Å²) in [5.41, 5.74) is 1.34. The van der Waals surface area contributed by atoms with E-state index < -0.39 is 0 Å². The van der Waals surface area contributed by atoms with Gasteiger partial charge in [-0.1, -0.05) is 30.3 Å². The Balaban J connectivity index is 1.59. The van der Waals surface area contributed by atoms with Crippen molar-refractivity contribution in [3.63, 3.8) is 0 Å². The molecule has 2 aliphatic rings. The zero-order chi connectivity index (χ0) is 19.2. The zero-order valence-corrected chi connectivity index (χ0v) is 17.1. The summed E-state index contributed by atoms with van der Waals surface area (Å²) in [6.07, 6.45) is 5.96. The second-order valence-electron chi connectivity index (χ2n) is 7.54. The summed E-state index contributed by atoms with van der Waals surface area (Å²) in [5.74, 6) is 1.03. The Hall–Kier alpha value is -1.53. The molecule has 4 atom stereocenters. The fourth-order valence-corrected chi connectivity index (χ4v) is 5.36. The number of amides is 2. The van der Waals surface area contributed by atoms with Crippen molar-refractivity contribution in [2.24, 2.45) is 0 Å². The molecule has 5 nitrogen and oxygen atoms in total. The average Bonchev–Trinajstić information content (AvgIpc) is 3.02. The summed E-state index contributed by atoms with van der Waals surface area (Å²) in [4.78, 5) is 27.5. The minimum atomic E-state index is -0.381. The molecule has 0 bridgehead atoms. The predicted molar refractivity (Wildman–Crippen MR) is 111 cm³/mol. The molecule has 0 aromatic heterocycles. The lowest BCUT2D eigenvalue weighted by atomic mass is 10.1. The van der Waals surface area contributed by atoms with E-state index in [1.54, 1.807) is 7.05 Å². The highest BCUT2D eigenvalue weighted by molar-refractivity contribution is 7.99. The highest BCUT2D eigenvalue weighted by atomic mass is 32.2. The monoisotopic (exact) mass is 389 g/mol. The Morgan fingerprint density at radius 2 is 2.00 bits per heavy atom. The average molecular weight is 390 g/mol. The van der Waals surface area contributed by atoms with Crippen molar-refractivity contribution in [3.05, 3.63) is 35.9 Å². The Morgan fingerprint density at radius 1 is 1.22 bits per heavy atom. The van der Waals surface area contributed by atoms with Gasteiger partial charge in [0.15, 0.2) is 0 Å². The first-order valence-corrected chi connectivity index (χ1v) is 11.1. The highest BCUT2D eigenvalue weighted by Crippen LogP contribution is 2.37. The number of benzene rings is 1. The SMILES string of the molecule is CNC(C)C(=O)N[C@H]1CCC[C@H]2CCC(SCCc3ccccc3)N2C1=O. The van der Waals surface area contributed by atoms with E-state index in [1.165, 1.54) is 5.56 Å². The molecule has 2 amide bonds. The van der Waals surface area contributed by atoms with Gasteiger partial charge in [0.25, 0.3) is 0 Å². The maximum atomic E-state index is 13.2. The van der Waals surface area contributed by atoms with Crippen LogP contribution in [0.1, 0.15) is 44.6 Å². The van der Waals surface area contributed by atoms with E-state index >= 15 is 0 Å². The van der Waals surface area contributed by atoms with Crippen molar-refractivity contribution in [2.75, 3.05) is 12.8 Å². The number of carbonyl (C=O) groups excluding carboxylic acids is 2. The Kier molecular flexibility index (Phi) is 7.19. The maximum Gasteiger partial charge on any atom is 0.246 e. The highest BCUT2D eigenvalue weighted by Gasteiger charge is 2.42. The molecule has 2 heterocycles. The van der Waals surface area contributed by atoms with Crippen LogP contribution in [0.25, 0.3) is 0 Å². The van der Waals surface area contributed by atoms with Gasteiger partial charge in [0, 0.05) is 6.04 Å². The minimum Gasteiger partial charge on any atom is -0.343 e. The fraction of sp³-hybridized carbons (Fsp3) is 0.619. The van der Waals surface area contributed by atoms with Crippen molar-refractivity contribution < 1.29 is 9.59 Å². The largest absolute Gasteiger partial charge is 0.343 e. The first-order chi connectivity index (χ1) is 13.1. The van der Waals surface area contributed by atoms with Gasteiger partial charge in [-0.05, 0) is 63.8 Å². The van der Waals surface area contributed by atoms with Crippen molar-refractivity contribution in [2.45, 2.75) is 68.9 Å². The smallest absolute Gasteiger partial charge is 0.246 e. The molecule has 148 valence electrons. The third-order valence-corrected chi connectivity index (χ3v) is 7.01. The molecule has 2 fully saturated rings. The van der Waals surface area contributed by atoms with Crippen molar-refractivity contribution in [3.8, 4) is 0 Å². The van der Waals surface area contributed by atoms with Gasteiger partial charge >= 0.3 is 0 Å². The van der Waals surface area contributed by atoms with Crippen LogP contribution in [0.15, 0.2) is 30.3 Å². The summed E-state index contributed by atoms with van der Waals surface area (Å²) < 4.78 is 0. The third kappa shape index (κ3) is 5.05. The minimum absolute atomic E-state index is 0.0956. The van der Waals surface area contributed by atoms with Gasteiger partial charge in [0.2, 0.25) is 11.8 Å². The molecule has 2 unspecified atom stereocenters. The number of hydrogen-bond acceptors (Lipinski definition) is 4. The molecule has 1 aromatic carbocycles. The summed E-state index contributed by atoms with van der Waals surface area (Å²) in [5, 5.41) is 6.16. The van der Waals surface area contributed by atoms with Crippen molar-refractivity contribution in [1.82, 2.24) is 15.5 Å². The number of carbonyl (C=O) groups is 2. The number of aryl methyl sites for hydroxylation is 1. The maximum absolute atomic E-state index is 13.2. The van der Waals surface area contributed by atoms with E-state index in [-0.39, 0.29) is 29.3 Å². The molecule has 2 aliphatic heterocycles. The molecule has 0 radical (unpaired) electrons. The lowest BCUT2D eigenvalue weighted by molar-refractivity contribution is -0.137. The predicted octanol–water partition coefficient (Wildman–Crippen LogP) is 2.56. The van der Waals surface area contributed by atoms with Gasteiger partial charge in [0.1, 0.15) is 6.04 Å². The molecular weight excluding hydrogens is 358 g/mol. The topological polar surface area (TPSA) is 61.4 Å². The Morgan fingerprint density at radius 3 is 2.74 bits per heavy atom. The van der Waals surface area contributed by atoms with Crippen LogP contribution in [0, 0.1) is 0 Å². The number of rotatable bonds is 7. The molecule has 0 saturated carbocycles. The second-order valence-corrected chi connectivity index (χ2v) is 8.83. The lowest BCUT2D eigenvalue weighted by Crippen LogP contribution is -2.53. The van der Waals surface area contributed by atoms with E-state index in [2.05, 4.69) is 39.8 Å². The van der Waals surface area contributed by atoms with Crippen LogP contribution in [-0.4, -0.2) is 53.0 Å². The number of nitrogens with one attached hydrogen (secondary N) is 2. The van der Waals surface area contributed by atoms with Crippen molar-refractivity contribution in [1.29, 1.82) is 0 Å². The third-order valence-electron chi connectivity index (χ3n) is 5.72. The van der Waals surface area contributed by atoms with Crippen LogP contribution < -0.4 is 10.6 Å². The lowest BCUT2D eigenvalue weighted by Gasteiger charge is -2.31. The van der Waals surface area contributed by atoms with E-state index in [9.17, 15) is 9.59 Å². The number of likely N-dealkylation sites (N-methyl/N-ethyl adjacent to an activating group) is 1. The number of fused-ring (bicyclic) bond motifs is 1. The molecule has 3 rings (SSSR count). The number of thioether (sulfide) groups is 1.